The summed E-state index contributed by atoms with van der Waals surface area (Å²) in [4.78, 5) is 72.7. The van der Waals surface area contributed by atoms with Crippen molar-refractivity contribution >= 4 is 39.5 Å². The monoisotopic (exact) mass is 1370 g/mol. The lowest BCUT2D eigenvalue weighted by atomic mass is 10.0. The van der Waals surface area contributed by atoms with Crippen molar-refractivity contribution in [1.29, 1.82) is 0 Å². The van der Waals surface area contributed by atoms with Crippen LogP contribution in [0.5, 0.6) is 0 Å². The minimum absolute atomic E-state index is 0.0873. The lowest BCUT2D eigenvalue weighted by Gasteiger charge is -2.21. The summed E-state index contributed by atoms with van der Waals surface area (Å²) in [6, 6.07) is 0. The van der Waals surface area contributed by atoms with E-state index in [0.29, 0.717) is 25.7 Å². The number of hydrogen-bond donors (Lipinski definition) is 3. The first-order chi connectivity index (χ1) is 45.7. The maximum absolute atomic E-state index is 13.1. The van der Waals surface area contributed by atoms with E-state index in [1.165, 1.54) is 161 Å². The Labute approximate surface area is 573 Å². The molecule has 0 aliphatic rings. The molecule has 2 unspecified atom stereocenters. The van der Waals surface area contributed by atoms with Gasteiger partial charge in [-0.1, -0.05) is 295 Å². The summed E-state index contributed by atoms with van der Waals surface area (Å²) in [5.41, 5.74) is 0. The molecule has 0 aromatic rings. The van der Waals surface area contributed by atoms with Gasteiger partial charge >= 0.3 is 39.5 Å². The molecule has 0 aliphatic carbocycles. The number of aliphatic hydroxyl groups excluding tert-OH is 1. The summed E-state index contributed by atoms with van der Waals surface area (Å²) in [5.74, 6) is -2.16. The molecule has 17 nitrogen and oxygen atoms in total. The Bertz CT molecular complexity index is 1930. The van der Waals surface area contributed by atoms with Crippen LogP contribution in [0.1, 0.15) is 362 Å². The van der Waals surface area contributed by atoms with Gasteiger partial charge in [-0.3, -0.25) is 37.3 Å². The number of esters is 4. The van der Waals surface area contributed by atoms with Crippen LogP contribution in [0.3, 0.4) is 0 Å². The van der Waals surface area contributed by atoms with Crippen LogP contribution < -0.4 is 0 Å². The molecule has 19 heteroatoms. The van der Waals surface area contributed by atoms with Gasteiger partial charge < -0.3 is 33.8 Å². The van der Waals surface area contributed by atoms with Gasteiger partial charge in [0.05, 0.1) is 26.4 Å². The lowest BCUT2D eigenvalue weighted by molar-refractivity contribution is -0.161. The number of allylic oxidation sites excluding steroid dienone is 6. The predicted molar refractivity (Wildman–Crippen MR) is 381 cm³/mol. The Morgan fingerprint density at radius 3 is 0.809 bits per heavy atom. The van der Waals surface area contributed by atoms with E-state index in [2.05, 4.69) is 64.2 Å². The van der Waals surface area contributed by atoms with Crippen molar-refractivity contribution in [2.45, 2.75) is 380 Å². The average molecular weight is 1380 g/mol. The molecule has 0 spiro atoms. The quantitative estimate of drug-likeness (QED) is 0.0128. The fourth-order valence-electron chi connectivity index (χ4n) is 10.7. The number of unbranched alkanes of at least 4 members (excludes halogenated alkanes) is 42. The molecule has 0 bridgehead atoms. The smallest absolute Gasteiger partial charge is 0.462 e. The molecule has 94 heavy (non-hydrogen) atoms. The largest absolute Gasteiger partial charge is 0.472 e. The number of hydrogen-bond acceptors (Lipinski definition) is 15. The fraction of sp³-hybridized carbons (Fsp3) is 0.867. The zero-order valence-electron chi connectivity index (χ0n) is 60.2. The Balaban J connectivity index is 5.30. The van der Waals surface area contributed by atoms with E-state index >= 15 is 0 Å². The molecule has 0 saturated heterocycles. The molecule has 0 fully saturated rings. The van der Waals surface area contributed by atoms with Crippen molar-refractivity contribution in [2.75, 3.05) is 39.6 Å². The van der Waals surface area contributed by atoms with Crippen LogP contribution in [-0.4, -0.2) is 96.7 Å². The van der Waals surface area contributed by atoms with Crippen molar-refractivity contribution in [3.05, 3.63) is 36.5 Å². The highest BCUT2D eigenvalue weighted by atomic mass is 31.2. The van der Waals surface area contributed by atoms with Gasteiger partial charge in [-0.05, 0) is 77.0 Å². The molecule has 0 aliphatic heterocycles. The van der Waals surface area contributed by atoms with Crippen LogP contribution in [0.25, 0.3) is 0 Å². The molecule has 5 atom stereocenters. The summed E-state index contributed by atoms with van der Waals surface area (Å²) in [6.45, 7) is 4.88. The summed E-state index contributed by atoms with van der Waals surface area (Å²) in [5, 5.41) is 10.6. The van der Waals surface area contributed by atoms with Crippen molar-refractivity contribution in [1.82, 2.24) is 0 Å². The van der Waals surface area contributed by atoms with Crippen LogP contribution in [-0.2, 0) is 65.4 Å². The number of rotatable bonds is 73. The first-order valence-corrected chi connectivity index (χ1v) is 41.2. The second-order valence-corrected chi connectivity index (χ2v) is 28.9. The zero-order valence-corrected chi connectivity index (χ0v) is 61.9. The summed E-state index contributed by atoms with van der Waals surface area (Å²) in [7, 11) is -9.93. The molecule has 552 valence electrons. The Morgan fingerprint density at radius 2 is 0.521 bits per heavy atom. The first-order valence-electron chi connectivity index (χ1n) is 38.2. The first kappa shape index (κ1) is 91.3. The number of ether oxygens (including phenoxy) is 4. The second-order valence-electron chi connectivity index (χ2n) is 26.0. The van der Waals surface area contributed by atoms with E-state index in [1.807, 2.05) is 0 Å². The van der Waals surface area contributed by atoms with Crippen LogP contribution in [0.4, 0.5) is 0 Å². The minimum atomic E-state index is -4.97. The molecule has 0 radical (unpaired) electrons. The SMILES string of the molecule is CCCCCC/C=C\C=C/CCCCCCCC(=O)OC[C@H](COP(=O)(O)OC[C@H](O)COP(=O)(O)OC[C@@H](COC(=O)CCCCCCCCCCCCCCC)OC(=O)CCCCCCCCCCCCCCC)OC(=O)CCCCCCC/C=C\CCCCCC. The van der Waals surface area contributed by atoms with Crippen molar-refractivity contribution in [3.8, 4) is 0 Å². The molecule has 0 amide bonds. The third kappa shape index (κ3) is 67.8. The molecule has 0 saturated carbocycles. The molecule has 0 heterocycles. The van der Waals surface area contributed by atoms with Gasteiger partial charge in [0.1, 0.15) is 19.3 Å². The van der Waals surface area contributed by atoms with Crippen molar-refractivity contribution < 1.29 is 80.2 Å². The van der Waals surface area contributed by atoms with E-state index < -0.39 is 97.5 Å². The highest BCUT2D eigenvalue weighted by molar-refractivity contribution is 7.47. The van der Waals surface area contributed by atoms with Gasteiger partial charge in [0, 0.05) is 25.7 Å². The third-order valence-electron chi connectivity index (χ3n) is 16.6. The maximum atomic E-state index is 13.1. The van der Waals surface area contributed by atoms with Crippen LogP contribution >= 0.6 is 15.6 Å². The predicted octanol–water partition coefficient (Wildman–Crippen LogP) is 21.6. The van der Waals surface area contributed by atoms with E-state index in [4.69, 9.17) is 37.0 Å². The summed E-state index contributed by atoms with van der Waals surface area (Å²) < 4.78 is 68.4. The number of carbonyl (C=O) groups excluding carboxylic acids is 4. The Kier molecular flexibility index (Phi) is 66.8. The van der Waals surface area contributed by atoms with Crippen molar-refractivity contribution in [3.63, 3.8) is 0 Å². The van der Waals surface area contributed by atoms with Gasteiger partial charge in [-0.25, -0.2) is 9.13 Å². The lowest BCUT2D eigenvalue weighted by Crippen LogP contribution is -2.30. The van der Waals surface area contributed by atoms with E-state index in [0.717, 1.165) is 122 Å². The van der Waals surface area contributed by atoms with Crippen LogP contribution in [0, 0.1) is 0 Å². The van der Waals surface area contributed by atoms with Gasteiger partial charge in [0.2, 0.25) is 0 Å². The molecular formula is C75H140O17P2. The minimum Gasteiger partial charge on any atom is -0.462 e. The van der Waals surface area contributed by atoms with E-state index in [1.54, 1.807) is 0 Å². The van der Waals surface area contributed by atoms with Crippen molar-refractivity contribution in [2.24, 2.45) is 0 Å². The number of phosphoric ester groups is 2. The average Bonchev–Trinajstić information content (AvgIpc) is 1.67. The number of phosphoric acid groups is 2. The summed E-state index contributed by atoms with van der Waals surface area (Å²) >= 11 is 0. The number of aliphatic hydroxyl groups is 1. The van der Waals surface area contributed by atoms with Gasteiger partial charge in [-0.15, -0.1) is 0 Å². The highest BCUT2D eigenvalue weighted by Gasteiger charge is 2.30. The van der Waals surface area contributed by atoms with Gasteiger partial charge in [-0.2, -0.15) is 0 Å². The second kappa shape index (κ2) is 68.8. The molecule has 3 N–H and O–H groups in total. The normalized spacial score (nSPS) is 14.2. The Morgan fingerprint density at radius 1 is 0.298 bits per heavy atom. The highest BCUT2D eigenvalue weighted by Crippen LogP contribution is 2.45. The Hall–Kier alpha value is -2.72. The number of carbonyl (C=O) groups is 4. The standard InChI is InChI=1S/C75H140O17P2/c1-5-9-13-17-21-25-29-33-34-38-40-44-48-52-56-60-73(78)86-66-71(92-75(80)62-58-54-50-46-42-37-32-28-24-20-16-12-8-4)68-90-94(83,84)88-64-69(76)63-87-93(81,82)89-67-70(91-74(79)61-57-53-49-45-41-36-31-27-23-19-15-11-7-3)65-85-72(77)59-55-51-47-43-39-35-30-26-22-18-14-10-6-2/h25,28-29,32-34,69-71,76H,5-24,26-27,30-31,35-68H2,1-4H3,(H,81,82)(H,83,84)/b29-25-,32-28-,34-33-/t69-,70-,71-/m1/s1. The summed E-state index contributed by atoms with van der Waals surface area (Å²) in [6.07, 6.45) is 62.7. The van der Waals surface area contributed by atoms with E-state index in [9.17, 15) is 43.2 Å². The molecule has 0 aromatic heterocycles. The molecule has 0 aromatic carbocycles. The third-order valence-corrected chi connectivity index (χ3v) is 18.5. The topological polar surface area (TPSA) is 237 Å². The van der Waals surface area contributed by atoms with Gasteiger partial charge in [0.15, 0.2) is 12.2 Å². The van der Waals surface area contributed by atoms with Crippen LogP contribution in [0.2, 0.25) is 0 Å². The molecular weight excluding hydrogens is 1230 g/mol. The maximum Gasteiger partial charge on any atom is 0.472 e. The fourth-order valence-corrected chi connectivity index (χ4v) is 12.3. The van der Waals surface area contributed by atoms with Gasteiger partial charge in [0.25, 0.3) is 0 Å². The van der Waals surface area contributed by atoms with Crippen LogP contribution in [0.15, 0.2) is 36.5 Å². The zero-order chi connectivity index (χ0) is 69.0. The molecule has 0 rings (SSSR count). The van der Waals surface area contributed by atoms with E-state index in [-0.39, 0.29) is 25.7 Å².